The van der Waals surface area contributed by atoms with E-state index in [1.807, 2.05) is 19.9 Å². The summed E-state index contributed by atoms with van der Waals surface area (Å²) in [6, 6.07) is 11.1. The Morgan fingerprint density at radius 1 is 1.13 bits per heavy atom. The van der Waals surface area contributed by atoms with Crippen LogP contribution in [0, 0.1) is 6.92 Å². The van der Waals surface area contributed by atoms with Gasteiger partial charge in [0.1, 0.15) is 11.6 Å². The fourth-order valence-electron chi connectivity index (χ4n) is 2.48. The summed E-state index contributed by atoms with van der Waals surface area (Å²) in [6.45, 7) is 4.49. The first kappa shape index (κ1) is 23.0. The topological polar surface area (TPSA) is 87.6 Å². The number of nitrogens with zero attached hydrogens (tertiary/aromatic N) is 2. The maximum atomic E-state index is 12.5. The van der Waals surface area contributed by atoms with Crippen LogP contribution in [0.4, 0.5) is 19.0 Å². The molecule has 30 heavy (non-hydrogen) atoms. The van der Waals surface area contributed by atoms with Crippen LogP contribution in [0.5, 0.6) is 5.75 Å². The molecule has 1 amide bonds. The van der Waals surface area contributed by atoms with Gasteiger partial charge < -0.3 is 20.7 Å². The van der Waals surface area contributed by atoms with Gasteiger partial charge in [-0.05, 0) is 32.0 Å². The molecule has 7 nitrogen and oxygen atoms in total. The quantitative estimate of drug-likeness (QED) is 0.448. The standard InChI is InChI=1S/C20H24F3N5O2/c1-3-24-19(25-12-11-18(29)28-17-10-6-7-14(2)27-17)26-13-15-8-4-5-9-16(15)30-20(21,22)23/h4-10H,3,11-13H2,1-2H3,(H2,24,25,26)(H,27,28,29). The van der Waals surface area contributed by atoms with Crippen molar-refractivity contribution >= 4 is 17.7 Å². The van der Waals surface area contributed by atoms with Crippen molar-refractivity contribution in [3.63, 3.8) is 0 Å². The molecule has 0 saturated heterocycles. The fourth-order valence-corrected chi connectivity index (χ4v) is 2.48. The van der Waals surface area contributed by atoms with Crippen molar-refractivity contribution in [1.29, 1.82) is 0 Å². The van der Waals surface area contributed by atoms with Gasteiger partial charge in [-0.25, -0.2) is 9.98 Å². The molecule has 10 heteroatoms. The molecule has 1 heterocycles. The highest BCUT2D eigenvalue weighted by atomic mass is 19.4. The average molecular weight is 423 g/mol. The second-order valence-corrected chi connectivity index (χ2v) is 6.24. The molecule has 0 spiro atoms. The molecule has 0 radical (unpaired) electrons. The molecule has 1 aromatic carbocycles. The van der Waals surface area contributed by atoms with Crippen molar-refractivity contribution < 1.29 is 22.7 Å². The van der Waals surface area contributed by atoms with Gasteiger partial charge in [0.05, 0.1) is 6.54 Å². The average Bonchev–Trinajstić information content (AvgIpc) is 2.66. The molecule has 0 aliphatic heterocycles. The van der Waals surface area contributed by atoms with Crippen LogP contribution in [0.25, 0.3) is 0 Å². The third kappa shape index (κ3) is 8.38. The number of alkyl halides is 3. The van der Waals surface area contributed by atoms with Crippen molar-refractivity contribution in [3.8, 4) is 5.75 Å². The maximum Gasteiger partial charge on any atom is 0.573 e. The number of aromatic nitrogens is 1. The summed E-state index contributed by atoms with van der Waals surface area (Å²) in [5.74, 6) is 0.331. The van der Waals surface area contributed by atoms with E-state index in [1.165, 1.54) is 18.2 Å². The SMILES string of the molecule is CCNC(=NCc1ccccc1OC(F)(F)F)NCCC(=O)Nc1cccc(C)n1. The number of aliphatic imine (C=N–C) groups is 1. The monoisotopic (exact) mass is 423 g/mol. The summed E-state index contributed by atoms with van der Waals surface area (Å²) in [4.78, 5) is 20.5. The Morgan fingerprint density at radius 2 is 1.90 bits per heavy atom. The molecule has 0 bridgehead atoms. The van der Waals surface area contributed by atoms with E-state index in [0.717, 1.165) is 5.69 Å². The minimum absolute atomic E-state index is 0.0268. The summed E-state index contributed by atoms with van der Waals surface area (Å²) < 4.78 is 41.6. The van der Waals surface area contributed by atoms with Crippen LogP contribution in [-0.4, -0.2) is 36.3 Å². The Morgan fingerprint density at radius 3 is 2.60 bits per heavy atom. The molecule has 0 unspecified atom stereocenters. The van der Waals surface area contributed by atoms with Crippen LogP contribution in [0.1, 0.15) is 24.6 Å². The van der Waals surface area contributed by atoms with E-state index < -0.39 is 6.36 Å². The number of benzene rings is 1. The predicted octanol–water partition coefficient (Wildman–Crippen LogP) is 3.37. The van der Waals surface area contributed by atoms with Gasteiger partial charge in [0.2, 0.25) is 5.91 Å². The molecule has 0 atom stereocenters. The smallest absolute Gasteiger partial charge is 0.405 e. The zero-order chi connectivity index (χ0) is 22.0. The molecule has 3 N–H and O–H groups in total. The van der Waals surface area contributed by atoms with E-state index in [1.54, 1.807) is 18.2 Å². The number of aryl methyl sites for hydroxylation is 1. The van der Waals surface area contributed by atoms with Crippen molar-refractivity contribution in [2.24, 2.45) is 4.99 Å². The van der Waals surface area contributed by atoms with Gasteiger partial charge in [0.25, 0.3) is 0 Å². The normalized spacial score (nSPS) is 11.7. The second-order valence-electron chi connectivity index (χ2n) is 6.24. The van der Waals surface area contributed by atoms with Gasteiger partial charge in [-0.2, -0.15) is 0 Å². The van der Waals surface area contributed by atoms with Crippen molar-refractivity contribution in [2.75, 3.05) is 18.4 Å². The number of halogens is 3. The largest absolute Gasteiger partial charge is 0.573 e. The summed E-state index contributed by atoms with van der Waals surface area (Å²) in [7, 11) is 0. The molecule has 0 aliphatic carbocycles. The minimum Gasteiger partial charge on any atom is -0.405 e. The number of carbonyl (C=O) groups excluding carboxylic acids is 1. The molecule has 2 aromatic rings. The first-order valence-corrected chi connectivity index (χ1v) is 9.36. The van der Waals surface area contributed by atoms with Gasteiger partial charge in [0.15, 0.2) is 5.96 Å². The van der Waals surface area contributed by atoms with E-state index in [-0.39, 0.29) is 36.7 Å². The van der Waals surface area contributed by atoms with Crippen LogP contribution in [0.15, 0.2) is 47.5 Å². The van der Waals surface area contributed by atoms with Gasteiger partial charge >= 0.3 is 6.36 Å². The number of para-hydroxylation sites is 1. The molecule has 2 rings (SSSR count). The summed E-state index contributed by atoms with van der Waals surface area (Å²) >= 11 is 0. The van der Waals surface area contributed by atoms with Crippen molar-refractivity contribution in [3.05, 3.63) is 53.7 Å². The zero-order valence-electron chi connectivity index (χ0n) is 16.7. The minimum atomic E-state index is -4.78. The predicted molar refractivity (Wildman–Crippen MR) is 108 cm³/mol. The first-order chi connectivity index (χ1) is 14.3. The number of amides is 1. The van der Waals surface area contributed by atoms with E-state index in [9.17, 15) is 18.0 Å². The van der Waals surface area contributed by atoms with Crippen LogP contribution >= 0.6 is 0 Å². The zero-order valence-corrected chi connectivity index (χ0v) is 16.7. The molecule has 1 aromatic heterocycles. The highest BCUT2D eigenvalue weighted by Gasteiger charge is 2.31. The first-order valence-electron chi connectivity index (χ1n) is 9.36. The van der Waals surface area contributed by atoms with Gasteiger partial charge in [-0.1, -0.05) is 24.3 Å². The lowest BCUT2D eigenvalue weighted by Gasteiger charge is -2.14. The van der Waals surface area contributed by atoms with Crippen molar-refractivity contribution in [2.45, 2.75) is 33.2 Å². The van der Waals surface area contributed by atoms with E-state index in [0.29, 0.717) is 18.3 Å². The molecule has 0 fully saturated rings. The lowest BCUT2D eigenvalue weighted by molar-refractivity contribution is -0.274. The molecular formula is C20H24F3N5O2. The Bertz CT molecular complexity index is 872. The number of carbonyl (C=O) groups is 1. The molecular weight excluding hydrogens is 399 g/mol. The van der Waals surface area contributed by atoms with E-state index >= 15 is 0 Å². The number of hydrogen-bond donors (Lipinski definition) is 3. The number of hydrogen-bond acceptors (Lipinski definition) is 4. The fraction of sp³-hybridized carbons (Fsp3) is 0.350. The number of pyridine rings is 1. The van der Waals surface area contributed by atoms with Crippen LogP contribution in [-0.2, 0) is 11.3 Å². The van der Waals surface area contributed by atoms with E-state index in [2.05, 4.69) is 30.7 Å². The van der Waals surface area contributed by atoms with Gasteiger partial charge in [-0.3, -0.25) is 4.79 Å². The Balaban J connectivity index is 1.91. The number of rotatable bonds is 8. The lowest BCUT2D eigenvalue weighted by Crippen LogP contribution is -2.38. The number of ether oxygens (including phenoxy) is 1. The third-order valence-corrected chi connectivity index (χ3v) is 3.75. The van der Waals surface area contributed by atoms with Crippen LogP contribution in [0.2, 0.25) is 0 Å². The number of nitrogens with one attached hydrogen (secondary N) is 3. The van der Waals surface area contributed by atoms with E-state index in [4.69, 9.17) is 0 Å². The maximum absolute atomic E-state index is 12.5. The van der Waals surface area contributed by atoms with Crippen LogP contribution in [0.3, 0.4) is 0 Å². The van der Waals surface area contributed by atoms with Gasteiger partial charge in [0, 0.05) is 30.8 Å². The third-order valence-electron chi connectivity index (χ3n) is 3.75. The summed E-state index contributed by atoms with van der Waals surface area (Å²) in [5, 5.41) is 8.67. The number of guanidine groups is 1. The second kappa shape index (κ2) is 11.0. The highest BCUT2D eigenvalue weighted by molar-refractivity contribution is 5.90. The van der Waals surface area contributed by atoms with Crippen LogP contribution < -0.4 is 20.7 Å². The van der Waals surface area contributed by atoms with Gasteiger partial charge in [-0.15, -0.1) is 13.2 Å². The highest BCUT2D eigenvalue weighted by Crippen LogP contribution is 2.26. The molecule has 0 aliphatic rings. The molecule has 162 valence electrons. The number of anilines is 1. The molecule has 0 saturated carbocycles. The summed E-state index contributed by atoms with van der Waals surface area (Å²) in [5.41, 5.74) is 1.08. The Labute approximate surface area is 172 Å². The Kier molecular flexibility index (Phi) is 8.45. The summed E-state index contributed by atoms with van der Waals surface area (Å²) in [6.07, 6.45) is -4.62. The van der Waals surface area contributed by atoms with Crippen molar-refractivity contribution in [1.82, 2.24) is 15.6 Å². The Hall–Kier alpha value is -3.30. The lowest BCUT2D eigenvalue weighted by atomic mass is 10.2.